The first-order valence-corrected chi connectivity index (χ1v) is 7.08. The van der Waals surface area contributed by atoms with Gasteiger partial charge in [0.2, 0.25) is 0 Å². The van der Waals surface area contributed by atoms with Crippen LogP contribution in [0.5, 0.6) is 0 Å². The summed E-state index contributed by atoms with van der Waals surface area (Å²) >= 11 is 0. The average Bonchev–Trinajstić information content (AvgIpc) is 2.62. The highest BCUT2D eigenvalue weighted by Gasteiger charge is 2.26. The number of halogens is 1. The van der Waals surface area contributed by atoms with E-state index in [0.717, 1.165) is 16.9 Å². The number of carboxylic acids is 1. The predicted molar refractivity (Wildman–Crippen MR) is 79.8 cm³/mol. The van der Waals surface area contributed by atoms with Gasteiger partial charge in [-0.25, -0.2) is 9.37 Å². The molecule has 0 aliphatic rings. The molecule has 114 valence electrons. The van der Waals surface area contributed by atoms with Crippen molar-refractivity contribution in [2.75, 3.05) is 0 Å². The Bertz CT molecular complexity index is 674. The van der Waals surface area contributed by atoms with Crippen LogP contribution in [-0.2, 0) is 11.2 Å². The van der Waals surface area contributed by atoms with Crippen LogP contribution in [0.3, 0.4) is 0 Å². The van der Waals surface area contributed by atoms with Crippen molar-refractivity contribution in [3.8, 4) is 0 Å². The Morgan fingerprint density at radius 3 is 2.67 bits per heavy atom. The van der Waals surface area contributed by atoms with Crippen molar-refractivity contribution in [1.82, 2.24) is 9.55 Å². The number of carbonyl (C=O) groups is 1. The first-order valence-electron chi connectivity index (χ1n) is 7.08. The molecule has 0 aliphatic carbocycles. The van der Waals surface area contributed by atoms with Gasteiger partial charge in [0.05, 0.1) is 17.5 Å². The molecule has 0 bridgehead atoms. The van der Waals surface area contributed by atoms with Gasteiger partial charge in [0.15, 0.2) is 0 Å². The lowest BCUT2D eigenvalue weighted by Gasteiger charge is -2.23. The van der Waals surface area contributed by atoms with Gasteiger partial charge in [0.1, 0.15) is 11.6 Å². The third-order valence-corrected chi connectivity index (χ3v) is 3.51. The van der Waals surface area contributed by atoms with E-state index in [-0.39, 0.29) is 18.3 Å². The molecule has 1 heterocycles. The predicted octanol–water partition coefficient (Wildman–Crippen LogP) is 3.80. The third-order valence-electron chi connectivity index (χ3n) is 3.51. The molecule has 0 amide bonds. The number of hydrogen-bond donors (Lipinski definition) is 1. The number of benzene rings is 1. The van der Waals surface area contributed by atoms with Crippen LogP contribution in [0.4, 0.5) is 4.39 Å². The molecule has 5 heteroatoms. The number of nitrogens with zero attached hydrogens (tertiary/aromatic N) is 2. The van der Waals surface area contributed by atoms with Gasteiger partial charge in [-0.1, -0.05) is 13.8 Å². The first kappa shape index (κ1) is 15.5. The SMILES string of the molecule is CC(C)n1c(CC(C)(C)CC(=O)O)nc2ccc(F)cc21. The Morgan fingerprint density at radius 2 is 2.10 bits per heavy atom. The minimum Gasteiger partial charge on any atom is -0.481 e. The molecule has 0 radical (unpaired) electrons. The van der Waals surface area contributed by atoms with Crippen molar-refractivity contribution in [3.05, 3.63) is 29.8 Å². The minimum absolute atomic E-state index is 0.0721. The summed E-state index contributed by atoms with van der Waals surface area (Å²) in [7, 11) is 0. The molecule has 0 saturated heterocycles. The van der Waals surface area contributed by atoms with E-state index in [4.69, 9.17) is 5.11 Å². The summed E-state index contributed by atoms with van der Waals surface area (Å²) in [5, 5.41) is 9.00. The van der Waals surface area contributed by atoms with Gasteiger partial charge < -0.3 is 9.67 Å². The second-order valence-corrected chi connectivity index (χ2v) is 6.54. The van der Waals surface area contributed by atoms with E-state index in [9.17, 15) is 9.18 Å². The van der Waals surface area contributed by atoms with E-state index in [0.29, 0.717) is 6.42 Å². The summed E-state index contributed by atoms with van der Waals surface area (Å²) in [6, 6.07) is 4.67. The monoisotopic (exact) mass is 292 g/mol. The van der Waals surface area contributed by atoms with E-state index in [1.165, 1.54) is 12.1 Å². The number of rotatable bonds is 5. The summed E-state index contributed by atoms with van der Waals surface area (Å²) in [5.74, 6) is -0.309. The zero-order chi connectivity index (χ0) is 15.8. The zero-order valence-electron chi connectivity index (χ0n) is 12.9. The highest BCUT2D eigenvalue weighted by molar-refractivity contribution is 5.76. The van der Waals surface area contributed by atoms with Crippen molar-refractivity contribution >= 4 is 17.0 Å². The first-order chi connectivity index (χ1) is 9.69. The standard InChI is InChI=1S/C16H21FN2O2/c1-10(2)19-13-7-11(17)5-6-12(13)18-14(19)8-16(3,4)9-15(20)21/h5-7,10H,8-9H2,1-4H3,(H,20,21). The second kappa shape index (κ2) is 5.47. The summed E-state index contributed by atoms with van der Waals surface area (Å²) in [6.45, 7) is 7.84. The number of imidazole rings is 1. The van der Waals surface area contributed by atoms with Crippen LogP contribution in [-0.4, -0.2) is 20.6 Å². The Hall–Kier alpha value is -1.91. The van der Waals surface area contributed by atoms with Crippen LogP contribution < -0.4 is 0 Å². The molecule has 2 aromatic rings. The average molecular weight is 292 g/mol. The van der Waals surface area contributed by atoms with Gasteiger partial charge in [0.25, 0.3) is 0 Å². The lowest BCUT2D eigenvalue weighted by atomic mass is 9.85. The summed E-state index contributed by atoms with van der Waals surface area (Å²) in [5.41, 5.74) is 1.09. The van der Waals surface area contributed by atoms with Gasteiger partial charge in [-0.15, -0.1) is 0 Å². The summed E-state index contributed by atoms with van der Waals surface area (Å²) < 4.78 is 15.5. The molecule has 1 N–H and O–H groups in total. The molecule has 21 heavy (non-hydrogen) atoms. The molecule has 0 spiro atoms. The Kier molecular flexibility index (Phi) is 4.03. The molecule has 1 aromatic carbocycles. The fourth-order valence-electron chi connectivity index (χ4n) is 2.72. The Labute approximate surface area is 123 Å². The van der Waals surface area contributed by atoms with Crippen LogP contribution in [0.2, 0.25) is 0 Å². The summed E-state index contributed by atoms with van der Waals surface area (Å²) in [4.78, 5) is 15.5. The maximum atomic E-state index is 13.5. The lowest BCUT2D eigenvalue weighted by molar-refractivity contribution is -0.139. The van der Waals surface area contributed by atoms with Crippen molar-refractivity contribution in [1.29, 1.82) is 0 Å². The molecule has 0 aliphatic heterocycles. The van der Waals surface area contributed by atoms with Gasteiger partial charge in [-0.05, 0) is 37.5 Å². The van der Waals surface area contributed by atoms with Crippen LogP contribution in [0.1, 0.15) is 46.0 Å². The second-order valence-electron chi connectivity index (χ2n) is 6.54. The molecular formula is C16H21FN2O2. The van der Waals surface area contributed by atoms with Crippen molar-refractivity contribution in [2.45, 2.75) is 46.6 Å². The van der Waals surface area contributed by atoms with Crippen molar-refractivity contribution in [2.24, 2.45) is 5.41 Å². The number of carboxylic acid groups (broad SMARTS) is 1. The maximum absolute atomic E-state index is 13.5. The number of aromatic nitrogens is 2. The molecule has 0 fully saturated rings. The Morgan fingerprint density at radius 1 is 1.43 bits per heavy atom. The fraction of sp³-hybridized carbons (Fsp3) is 0.500. The molecule has 0 saturated carbocycles. The number of aliphatic carboxylic acids is 1. The van der Waals surface area contributed by atoms with E-state index in [1.807, 2.05) is 32.3 Å². The van der Waals surface area contributed by atoms with Crippen molar-refractivity contribution in [3.63, 3.8) is 0 Å². The van der Waals surface area contributed by atoms with Gasteiger partial charge in [-0.3, -0.25) is 4.79 Å². The normalized spacial score (nSPS) is 12.3. The Balaban J connectivity index is 2.48. The number of hydrogen-bond acceptors (Lipinski definition) is 2. The lowest BCUT2D eigenvalue weighted by Crippen LogP contribution is -2.22. The van der Waals surface area contributed by atoms with Gasteiger partial charge in [-0.2, -0.15) is 0 Å². The quantitative estimate of drug-likeness (QED) is 0.912. The van der Waals surface area contributed by atoms with E-state index < -0.39 is 11.4 Å². The van der Waals surface area contributed by atoms with Crippen LogP contribution in [0.25, 0.3) is 11.0 Å². The van der Waals surface area contributed by atoms with Gasteiger partial charge in [0, 0.05) is 12.5 Å². The molecule has 4 nitrogen and oxygen atoms in total. The third kappa shape index (κ3) is 3.40. The largest absolute Gasteiger partial charge is 0.481 e. The van der Waals surface area contributed by atoms with Crippen molar-refractivity contribution < 1.29 is 14.3 Å². The molecule has 0 atom stereocenters. The molecule has 0 unspecified atom stereocenters. The van der Waals surface area contributed by atoms with Crippen LogP contribution in [0, 0.1) is 11.2 Å². The molecule has 1 aromatic heterocycles. The number of fused-ring (bicyclic) bond motifs is 1. The minimum atomic E-state index is -0.821. The zero-order valence-corrected chi connectivity index (χ0v) is 12.9. The highest BCUT2D eigenvalue weighted by atomic mass is 19.1. The fourth-order valence-corrected chi connectivity index (χ4v) is 2.72. The van der Waals surface area contributed by atoms with E-state index >= 15 is 0 Å². The van der Waals surface area contributed by atoms with E-state index in [2.05, 4.69) is 4.98 Å². The summed E-state index contributed by atoms with van der Waals surface area (Å²) in [6.07, 6.45) is 0.608. The molecular weight excluding hydrogens is 271 g/mol. The van der Waals surface area contributed by atoms with Crippen LogP contribution >= 0.6 is 0 Å². The maximum Gasteiger partial charge on any atom is 0.303 e. The van der Waals surface area contributed by atoms with E-state index in [1.54, 1.807) is 6.07 Å². The molecule has 2 rings (SSSR count). The van der Waals surface area contributed by atoms with Gasteiger partial charge >= 0.3 is 5.97 Å². The topological polar surface area (TPSA) is 55.1 Å². The van der Waals surface area contributed by atoms with Crippen LogP contribution in [0.15, 0.2) is 18.2 Å². The smallest absolute Gasteiger partial charge is 0.303 e. The highest BCUT2D eigenvalue weighted by Crippen LogP contribution is 2.29.